The molecule has 0 radical (unpaired) electrons. The van der Waals surface area contributed by atoms with Crippen molar-refractivity contribution in [1.82, 2.24) is 9.47 Å². The van der Waals surface area contributed by atoms with Gasteiger partial charge >= 0.3 is 0 Å². The molecule has 0 aliphatic carbocycles. The Balaban J connectivity index is 2.20. The topological polar surface area (TPSA) is 51.3 Å². The van der Waals surface area contributed by atoms with Crippen LogP contribution in [0.4, 0.5) is 0 Å². The van der Waals surface area contributed by atoms with E-state index in [0.29, 0.717) is 10.7 Å². The first kappa shape index (κ1) is 13.4. The molecule has 0 saturated carbocycles. The normalized spacial score (nSPS) is 24.3. The molecule has 1 aromatic heterocycles. The van der Waals surface area contributed by atoms with E-state index in [0.717, 1.165) is 25.9 Å². The van der Waals surface area contributed by atoms with Crippen LogP contribution in [0.1, 0.15) is 37.2 Å². The van der Waals surface area contributed by atoms with Crippen LogP contribution < -0.4 is 5.73 Å². The Morgan fingerprint density at radius 2 is 2.33 bits per heavy atom. The lowest BCUT2D eigenvalue weighted by Crippen LogP contribution is -2.48. The number of carbonyl (C=O) groups is 1. The smallest absolute Gasteiger partial charge is 0.270 e. The molecule has 18 heavy (non-hydrogen) atoms. The average molecular weight is 270 g/mol. The van der Waals surface area contributed by atoms with Gasteiger partial charge in [-0.3, -0.25) is 4.79 Å². The molecule has 0 bridgehead atoms. The van der Waals surface area contributed by atoms with Gasteiger partial charge in [-0.15, -0.1) is 0 Å². The molecule has 1 saturated heterocycles. The number of amides is 1. The molecule has 2 unspecified atom stereocenters. The fourth-order valence-electron chi connectivity index (χ4n) is 2.57. The molecule has 1 aliphatic heterocycles. The molecule has 1 fully saturated rings. The van der Waals surface area contributed by atoms with Crippen molar-refractivity contribution in [3.8, 4) is 0 Å². The van der Waals surface area contributed by atoms with Crippen molar-refractivity contribution >= 4 is 17.5 Å². The minimum atomic E-state index is 0.0585. The number of nitrogens with zero attached hydrogens (tertiary/aromatic N) is 2. The number of carbonyl (C=O) groups excluding carboxylic acids is 1. The maximum atomic E-state index is 12.5. The molecule has 4 nitrogen and oxygen atoms in total. The van der Waals surface area contributed by atoms with Crippen LogP contribution in [0.15, 0.2) is 12.3 Å². The van der Waals surface area contributed by atoms with E-state index in [1.54, 1.807) is 12.3 Å². The Bertz CT molecular complexity index is 443. The van der Waals surface area contributed by atoms with E-state index in [1.807, 2.05) is 16.4 Å². The second-order valence-corrected chi connectivity index (χ2v) is 5.40. The van der Waals surface area contributed by atoms with E-state index in [-0.39, 0.29) is 18.0 Å². The van der Waals surface area contributed by atoms with Crippen molar-refractivity contribution in [2.45, 2.75) is 45.3 Å². The summed E-state index contributed by atoms with van der Waals surface area (Å²) in [6.45, 7) is 5.53. The third kappa shape index (κ3) is 2.54. The molecule has 2 N–H and O–H groups in total. The minimum absolute atomic E-state index is 0.0585. The van der Waals surface area contributed by atoms with Crippen LogP contribution in [0.5, 0.6) is 0 Å². The van der Waals surface area contributed by atoms with Gasteiger partial charge in [-0.05, 0) is 32.8 Å². The largest absolute Gasteiger partial charge is 0.342 e. The third-order valence-corrected chi connectivity index (χ3v) is 3.81. The van der Waals surface area contributed by atoms with Gasteiger partial charge in [0, 0.05) is 31.4 Å². The number of nitrogens with two attached hydrogens (primary N) is 1. The van der Waals surface area contributed by atoms with Gasteiger partial charge in [0.25, 0.3) is 5.91 Å². The predicted octanol–water partition coefficient (Wildman–Crippen LogP) is 2.11. The summed E-state index contributed by atoms with van der Waals surface area (Å²) in [5.74, 6) is 0.0585. The maximum Gasteiger partial charge on any atom is 0.270 e. The fourth-order valence-corrected chi connectivity index (χ4v) is 2.79. The molecule has 5 heteroatoms. The van der Waals surface area contributed by atoms with Crippen molar-refractivity contribution in [2.75, 3.05) is 6.54 Å². The Morgan fingerprint density at radius 3 is 2.94 bits per heavy atom. The number of aryl methyl sites for hydroxylation is 1. The highest BCUT2D eigenvalue weighted by Gasteiger charge is 2.29. The van der Waals surface area contributed by atoms with E-state index in [2.05, 4.69) is 6.92 Å². The molecule has 2 rings (SSSR count). The van der Waals surface area contributed by atoms with Crippen LogP contribution in [-0.2, 0) is 6.54 Å². The molecule has 0 spiro atoms. The van der Waals surface area contributed by atoms with Crippen molar-refractivity contribution in [3.63, 3.8) is 0 Å². The SMILES string of the molecule is CCn1cc(Cl)cc1C(=O)N1CCC(N)CC1C. The lowest BCUT2D eigenvalue weighted by atomic mass is 9.99. The zero-order valence-electron chi connectivity index (χ0n) is 10.9. The molecule has 1 aromatic rings. The van der Waals surface area contributed by atoms with Crippen LogP contribution in [0.25, 0.3) is 0 Å². The molecular weight excluding hydrogens is 250 g/mol. The number of piperidine rings is 1. The van der Waals surface area contributed by atoms with Gasteiger partial charge in [0.2, 0.25) is 0 Å². The monoisotopic (exact) mass is 269 g/mol. The van der Waals surface area contributed by atoms with E-state index in [4.69, 9.17) is 17.3 Å². The summed E-state index contributed by atoms with van der Waals surface area (Å²) in [5.41, 5.74) is 6.59. The van der Waals surface area contributed by atoms with Gasteiger partial charge in [0.15, 0.2) is 0 Å². The zero-order chi connectivity index (χ0) is 13.3. The second kappa shape index (κ2) is 5.33. The van der Waals surface area contributed by atoms with Crippen molar-refractivity contribution in [1.29, 1.82) is 0 Å². The zero-order valence-corrected chi connectivity index (χ0v) is 11.7. The Kier molecular flexibility index (Phi) is 3.97. The second-order valence-electron chi connectivity index (χ2n) is 4.96. The van der Waals surface area contributed by atoms with Gasteiger partial charge in [-0.25, -0.2) is 0 Å². The van der Waals surface area contributed by atoms with E-state index >= 15 is 0 Å². The first-order valence-corrected chi connectivity index (χ1v) is 6.83. The van der Waals surface area contributed by atoms with Crippen LogP contribution >= 0.6 is 11.6 Å². The summed E-state index contributed by atoms with van der Waals surface area (Å²) >= 11 is 5.98. The highest BCUT2D eigenvalue weighted by Crippen LogP contribution is 2.21. The van der Waals surface area contributed by atoms with Crippen LogP contribution in [0.2, 0.25) is 5.02 Å². The summed E-state index contributed by atoms with van der Waals surface area (Å²) in [4.78, 5) is 14.4. The lowest BCUT2D eigenvalue weighted by Gasteiger charge is -2.36. The summed E-state index contributed by atoms with van der Waals surface area (Å²) in [7, 11) is 0. The standard InChI is InChI=1S/C13H20ClN3O/c1-3-16-8-10(14)7-12(16)13(18)17-5-4-11(15)6-9(17)2/h7-9,11H,3-6,15H2,1-2H3. The van der Waals surface area contributed by atoms with Crippen LogP contribution in [0.3, 0.4) is 0 Å². The van der Waals surface area contributed by atoms with Gasteiger partial charge < -0.3 is 15.2 Å². The fraction of sp³-hybridized carbons (Fsp3) is 0.615. The maximum absolute atomic E-state index is 12.5. The molecular formula is C13H20ClN3O. The van der Waals surface area contributed by atoms with Crippen molar-refractivity contribution in [2.24, 2.45) is 5.73 Å². The summed E-state index contributed by atoms with van der Waals surface area (Å²) < 4.78 is 1.89. The highest BCUT2D eigenvalue weighted by atomic mass is 35.5. The molecule has 2 heterocycles. The highest BCUT2D eigenvalue weighted by molar-refractivity contribution is 6.31. The first-order valence-electron chi connectivity index (χ1n) is 6.45. The van der Waals surface area contributed by atoms with Crippen molar-refractivity contribution < 1.29 is 4.79 Å². The molecule has 100 valence electrons. The Labute approximate surface area is 113 Å². The van der Waals surface area contributed by atoms with Gasteiger partial charge in [-0.1, -0.05) is 11.6 Å². The van der Waals surface area contributed by atoms with E-state index < -0.39 is 0 Å². The van der Waals surface area contributed by atoms with Gasteiger partial charge in [0.05, 0.1) is 5.02 Å². The third-order valence-electron chi connectivity index (χ3n) is 3.60. The molecule has 0 aromatic carbocycles. The molecule has 1 amide bonds. The molecule has 2 atom stereocenters. The number of halogens is 1. The van der Waals surface area contributed by atoms with E-state index in [9.17, 15) is 4.79 Å². The van der Waals surface area contributed by atoms with Crippen molar-refractivity contribution in [3.05, 3.63) is 23.0 Å². The first-order chi connectivity index (χ1) is 8.52. The summed E-state index contributed by atoms with van der Waals surface area (Å²) in [6, 6.07) is 2.15. The lowest BCUT2D eigenvalue weighted by molar-refractivity contribution is 0.0608. The Morgan fingerprint density at radius 1 is 1.61 bits per heavy atom. The number of hydrogen-bond donors (Lipinski definition) is 1. The van der Waals surface area contributed by atoms with Crippen LogP contribution in [-0.4, -0.2) is 34.0 Å². The number of likely N-dealkylation sites (tertiary alicyclic amines) is 1. The quantitative estimate of drug-likeness (QED) is 0.894. The Hall–Kier alpha value is -1.00. The summed E-state index contributed by atoms with van der Waals surface area (Å²) in [5, 5.41) is 0.613. The minimum Gasteiger partial charge on any atom is -0.342 e. The average Bonchev–Trinajstić information content (AvgIpc) is 2.69. The summed E-state index contributed by atoms with van der Waals surface area (Å²) in [6.07, 6.45) is 3.54. The van der Waals surface area contributed by atoms with Gasteiger partial charge in [-0.2, -0.15) is 0 Å². The van der Waals surface area contributed by atoms with E-state index in [1.165, 1.54) is 0 Å². The van der Waals surface area contributed by atoms with Gasteiger partial charge in [0.1, 0.15) is 5.69 Å². The number of aromatic nitrogens is 1. The van der Waals surface area contributed by atoms with Crippen LogP contribution in [0, 0.1) is 0 Å². The number of hydrogen-bond acceptors (Lipinski definition) is 2. The predicted molar refractivity (Wildman–Crippen MR) is 72.8 cm³/mol. The molecule has 1 aliphatic rings. The number of rotatable bonds is 2.